The zero-order valence-corrected chi connectivity index (χ0v) is 10.5. The highest BCUT2D eigenvalue weighted by atomic mass is 16.4. The van der Waals surface area contributed by atoms with Gasteiger partial charge in [-0.1, -0.05) is 5.21 Å². The molecule has 0 radical (unpaired) electrons. The van der Waals surface area contributed by atoms with Crippen molar-refractivity contribution in [1.29, 1.82) is 0 Å². The highest BCUT2D eigenvalue weighted by Gasteiger charge is 2.22. The first-order chi connectivity index (χ1) is 8.75. The van der Waals surface area contributed by atoms with Crippen LogP contribution in [0.5, 0.6) is 0 Å². The maximum atomic E-state index is 10.9. The first kappa shape index (κ1) is 13.0. The van der Waals surface area contributed by atoms with Crippen LogP contribution in [0.3, 0.4) is 0 Å². The van der Waals surface area contributed by atoms with E-state index in [4.69, 9.17) is 5.11 Å². The number of aryl methyl sites for hydroxylation is 1. The molecule has 0 aromatic carbocycles. The van der Waals surface area contributed by atoms with Gasteiger partial charge in [-0.15, -0.1) is 5.10 Å². The number of hydrogen-bond acceptors (Lipinski definition) is 4. The van der Waals surface area contributed by atoms with E-state index in [1.807, 2.05) is 10.9 Å². The van der Waals surface area contributed by atoms with Gasteiger partial charge in [-0.25, -0.2) is 0 Å². The van der Waals surface area contributed by atoms with E-state index in [0.717, 1.165) is 45.2 Å². The van der Waals surface area contributed by atoms with Crippen LogP contribution in [-0.2, 0) is 11.3 Å². The second-order valence-corrected chi connectivity index (χ2v) is 4.89. The number of nitrogens with one attached hydrogen (secondary N) is 1. The average Bonchev–Trinajstić information content (AvgIpc) is 2.73. The van der Waals surface area contributed by atoms with E-state index < -0.39 is 5.97 Å². The van der Waals surface area contributed by atoms with Crippen molar-refractivity contribution in [1.82, 2.24) is 20.3 Å². The van der Waals surface area contributed by atoms with Gasteiger partial charge in [-0.3, -0.25) is 9.48 Å². The van der Waals surface area contributed by atoms with E-state index >= 15 is 0 Å². The minimum absolute atomic E-state index is 0.356. The van der Waals surface area contributed by atoms with Crippen LogP contribution < -0.4 is 5.32 Å². The third-order valence-electron chi connectivity index (χ3n) is 3.58. The van der Waals surface area contributed by atoms with Crippen LogP contribution in [0.15, 0.2) is 12.4 Å². The van der Waals surface area contributed by atoms with Crippen molar-refractivity contribution in [2.75, 3.05) is 6.54 Å². The summed E-state index contributed by atoms with van der Waals surface area (Å²) < 4.78 is 1.84. The Morgan fingerprint density at radius 1 is 1.44 bits per heavy atom. The summed E-state index contributed by atoms with van der Waals surface area (Å²) in [6, 6.07) is -0.356. The number of carboxylic acid groups (broad SMARTS) is 1. The minimum Gasteiger partial charge on any atom is -0.480 e. The van der Waals surface area contributed by atoms with E-state index in [2.05, 4.69) is 15.6 Å². The molecule has 2 N–H and O–H groups in total. The van der Waals surface area contributed by atoms with Crippen LogP contribution in [0.1, 0.15) is 32.1 Å². The second-order valence-electron chi connectivity index (χ2n) is 4.89. The van der Waals surface area contributed by atoms with Crippen LogP contribution >= 0.6 is 0 Å². The van der Waals surface area contributed by atoms with Gasteiger partial charge in [0.15, 0.2) is 0 Å². The van der Waals surface area contributed by atoms with Gasteiger partial charge in [0.1, 0.15) is 6.04 Å². The minimum atomic E-state index is -0.724. The Hall–Kier alpha value is -1.43. The summed E-state index contributed by atoms with van der Waals surface area (Å²) in [7, 11) is 0. The summed E-state index contributed by atoms with van der Waals surface area (Å²) in [6.45, 7) is 1.71. The average molecular weight is 252 g/mol. The van der Waals surface area contributed by atoms with E-state index in [-0.39, 0.29) is 6.04 Å². The molecule has 1 aromatic rings. The number of carbonyl (C=O) groups is 1. The Morgan fingerprint density at radius 3 is 3.06 bits per heavy atom. The van der Waals surface area contributed by atoms with Gasteiger partial charge in [0.05, 0.1) is 6.20 Å². The Labute approximate surface area is 106 Å². The van der Waals surface area contributed by atoms with Gasteiger partial charge in [-0.2, -0.15) is 0 Å². The van der Waals surface area contributed by atoms with Crippen LogP contribution in [0.2, 0.25) is 0 Å². The Kier molecular flexibility index (Phi) is 4.69. The SMILES string of the molecule is O=C(O)C1CCC(CCCn2ccnn2)CCN1. The van der Waals surface area contributed by atoms with Gasteiger partial charge in [0, 0.05) is 12.7 Å². The molecule has 2 atom stereocenters. The lowest BCUT2D eigenvalue weighted by atomic mass is 9.94. The number of hydrogen-bond donors (Lipinski definition) is 2. The van der Waals surface area contributed by atoms with Gasteiger partial charge >= 0.3 is 5.97 Å². The fourth-order valence-corrected chi connectivity index (χ4v) is 2.50. The maximum Gasteiger partial charge on any atom is 0.320 e. The van der Waals surface area contributed by atoms with Crippen LogP contribution in [-0.4, -0.2) is 38.7 Å². The van der Waals surface area contributed by atoms with Crippen molar-refractivity contribution in [3.05, 3.63) is 12.4 Å². The largest absolute Gasteiger partial charge is 0.480 e. The summed E-state index contributed by atoms with van der Waals surface area (Å²) in [6.07, 6.45) is 8.58. The van der Waals surface area contributed by atoms with Gasteiger partial charge in [0.25, 0.3) is 0 Å². The zero-order chi connectivity index (χ0) is 12.8. The molecule has 1 aromatic heterocycles. The second kappa shape index (κ2) is 6.49. The van der Waals surface area contributed by atoms with Gasteiger partial charge < -0.3 is 10.4 Å². The third kappa shape index (κ3) is 3.80. The molecule has 0 aliphatic carbocycles. The fraction of sp³-hybridized carbons (Fsp3) is 0.750. The molecular formula is C12H20N4O2. The molecule has 6 nitrogen and oxygen atoms in total. The molecule has 0 bridgehead atoms. The topological polar surface area (TPSA) is 80.0 Å². The normalized spacial score (nSPS) is 24.7. The predicted octanol–water partition coefficient (Wildman–Crippen LogP) is 0.901. The Bertz CT molecular complexity index is 366. The Morgan fingerprint density at radius 2 is 2.33 bits per heavy atom. The summed E-state index contributed by atoms with van der Waals surface area (Å²) in [4.78, 5) is 10.9. The Balaban J connectivity index is 1.69. The summed E-state index contributed by atoms with van der Waals surface area (Å²) in [5.41, 5.74) is 0. The standard InChI is InChI=1S/C12H20N4O2/c17-12(18)11-4-3-10(5-6-13-11)2-1-8-16-9-7-14-15-16/h7,9-11,13H,1-6,8H2,(H,17,18). The smallest absolute Gasteiger partial charge is 0.320 e. The molecule has 2 rings (SSSR count). The van der Waals surface area contributed by atoms with E-state index in [1.165, 1.54) is 0 Å². The molecule has 1 saturated heterocycles. The van der Waals surface area contributed by atoms with Crippen LogP contribution in [0, 0.1) is 5.92 Å². The van der Waals surface area contributed by atoms with E-state index in [9.17, 15) is 4.79 Å². The number of carboxylic acids is 1. The summed E-state index contributed by atoms with van der Waals surface area (Å²) >= 11 is 0. The lowest BCUT2D eigenvalue weighted by Crippen LogP contribution is -2.35. The molecule has 1 fully saturated rings. The predicted molar refractivity (Wildman–Crippen MR) is 66.0 cm³/mol. The van der Waals surface area contributed by atoms with Crippen molar-refractivity contribution in [3.8, 4) is 0 Å². The van der Waals surface area contributed by atoms with Crippen molar-refractivity contribution in [2.24, 2.45) is 5.92 Å². The molecular weight excluding hydrogens is 232 g/mol. The molecule has 0 saturated carbocycles. The van der Waals surface area contributed by atoms with Crippen LogP contribution in [0.25, 0.3) is 0 Å². The lowest BCUT2D eigenvalue weighted by Gasteiger charge is -2.13. The van der Waals surface area contributed by atoms with Crippen molar-refractivity contribution < 1.29 is 9.90 Å². The van der Waals surface area contributed by atoms with Crippen molar-refractivity contribution >= 4 is 5.97 Å². The fourth-order valence-electron chi connectivity index (χ4n) is 2.50. The molecule has 1 aliphatic rings. The summed E-state index contributed by atoms with van der Waals surface area (Å²) in [5.74, 6) is -0.0939. The van der Waals surface area contributed by atoms with Crippen molar-refractivity contribution in [2.45, 2.75) is 44.7 Å². The lowest BCUT2D eigenvalue weighted by molar-refractivity contribution is -0.139. The van der Waals surface area contributed by atoms with Gasteiger partial charge in [0.2, 0.25) is 0 Å². The summed E-state index contributed by atoms with van der Waals surface area (Å²) in [5, 5.41) is 19.8. The highest BCUT2D eigenvalue weighted by Crippen LogP contribution is 2.21. The number of nitrogens with zero attached hydrogens (tertiary/aromatic N) is 3. The van der Waals surface area contributed by atoms with Gasteiger partial charge in [-0.05, 0) is 44.6 Å². The van der Waals surface area contributed by atoms with Crippen molar-refractivity contribution in [3.63, 3.8) is 0 Å². The molecule has 6 heteroatoms. The third-order valence-corrected chi connectivity index (χ3v) is 3.58. The maximum absolute atomic E-state index is 10.9. The molecule has 0 amide bonds. The molecule has 2 heterocycles. The highest BCUT2D eigenvalue weighted by molar-refractivity contribution is 5.73. The molecule has 18 heavy (non-hydrogen) atoms. The molecule has 2 unspecified atom stereocenters. The quantitative estimate of drug-likeness (QED) is 0.814. The number of aliphatic carboxylic acids is 1. The van der Waals surface area contributed by atoms with E-state index in [1.54, 1.807) is 6.20 Å². The number of rotatable bonds is 5. The first-order valence-electron chi connectivity index (χ1n) is 6.56. The first-order valence-corrected chi connectivity index (χ1v) is 6.56. The molecule has 1 aliphatic heterocycles. The van der Waals surface area contributed by atoms with Crippen LogP contribution in [0.4, 0.5) is 0 Å². The molecule has 0 spiro atoms. The number of aromatic nitrogens is 3. The monoisotopic (exact) mass is 252 g/mol. The molecule has 100 valence electrons. The zero-order valence-electron chi connectivity index (χ0n) is 10.5. The van der Waals surface area contributed by atoms with E-state index in [0.29, 0.717) is 5.92 Å².